The molecule has 29 heavy (non-hydrogen) atoms. The monoisotopic (exact) mass is 405 g/mol. The number of anilines is 1. The lowest BCUT2D eigenvalue weighted by atomic mass is 10.1. The van der Waals surface area contributed by atoms with E-state index in [-0.39, 0.29) is 16.9 Å². The van der Waals surface area contributed by atoms with Crippen LogP contribution in [0.25, 0.3) is 11.0 Å². The zero-order valence-corrected chi connectivity index (χ0v) is 16.1. The van der Waals surface area contributed by atoms with Crippen molar-refractivity contribution in [3.8, 4) is 5.75 Å². The molecule has 0 bridgehead atoms. The van der Waals surface area contributed by atoms with Crippen LogP contribution in [0, 0.1) is 6.92 Å². The quantitative estimate of drug-likeness (QED) is 0.503. The number of aromatic nitrogens is 1. The molecule has 0 atom stereocenters. The number of halogens is 1. The minimum atomic E-state index is -0.414. The number of hydrogen-bond donors (Lipinski definition) is 2. The highest BCUT2D eigenvalue weighted by Crippen LogP contribution is 2.21. The lowest BCUT2D eigenvalue weighted by Gasteiger charge is -2.07. The van der Waals surface area contributed by atoms with E-state index in [1.54, 1.807) is 42.5 Å². The summed E-state index contributed by atoms with van der Waals surface area (Å²) in [7, 11) is 0. The third-order valence-electron chi connectivity index (χ3n) is 4.15. The van der Waals surface area contributed by atoms with Gasteiger partial charge in [-0.2, -0.15) is 0 Å². The van der Waals surface area contributed by atoms with Crippen LogP contribution in [0.3, 0.4) is 0 Å². The number of rotatable bonds is 3. The fraction of sp³-hybridized carbons (Fsp3) is 0.0455. The Labute approximate surface area is 171 Å². The van der Waals surface area contributed by atoms with E-state index in [2.05, 4.69) is 15.3 Å². The van der Waals surface area contributed by atoms with Crippen molar-refractivity contribution in [1.29, 1.82) is 0 Å². The molecule has 0 spiro atoms. The molecule has 0 unspecified atom stereocenters. The lowest BCUT2D eigenvalue weighted by Crippen LogP contribution is -2.22. The van der Waals surface area contributed by atoms with E-state index >= 15 is 0 Å². The second kappa shape index (κ2) is 7.77. The maximum atomic E-state index is 13.0. The minimum absolute atomic E-state index is 0.0520. The molecule has 4 rings (SSSR count). The van der Waals surface area contributed by atoms with Crippen molar-refractivity contribution in [3.05, 3.63) is 88.6 Å². The number of hydrogen-bond acceptors (Lipinski definition) is 5. The van der Waals surface area contributed by atoms with Gasteiger partial charge < -0.3 is 14.8 Å². The molecule has 0 aliphatic rings. The molecular weight excluding hydrogens is 390 g/mol. The zero-order chi connectivity index (χ0) is 20.4. The molecule has 2 N–H and O–H groups in total. The first-order chi connectivity index (χ1) is 14.0. The highest BCUT2D eigenvalue weighted by molar-refractivity contribution is 6.30. The molecular formula is C22H16ClN3O3. The normalized spacial score (nSPS) is 11.6. The SMILES string of the molecule is Cc1cccc(NC(=O)c2cc3ccc(O)cc3oc2=Nc2cccc(Cl)c2)n1. The van der Waals surface area contributed by atoms with E-state index in [0.29, 0.717) is 27.5 Å². The van der Waals surface area contributed by atoms with Crippen molar-refractivity contribution >= 4 is 40.0 Å². The lowest BCUT2D eigenvalue weighted by molar-refractivity contribution is 0.102. The number of nitrogens with zero attached hydrogens (tertiary/aromatic N) is 2. The zero-order valence-electron chi connectivity index (χ0n) is 15.4. The summed E-state index contributed by atoms with van der Waals surface area (Å²) in [6, 6.07) is 18.6. The second-order valence-electron chi connectivity index (χ2n) is 6.40. The molecule has 2 aromatic heterocycles. The van der Waals surface area contributed by atoms with Gasteiger partial charge in [-0.1, -0.05) is 23.7 Å². The highest BCUT2D eigenvalue weighted by atomic mass is 35.5. The Morgan fingerprint density at radius 1 is 1.10 bits per heavy atom. The van der Waals surface area contributed by atoms with Crippen LogP contribution < -0.4 is 10.9 Å². The molecule has 144 valence electrons. The summed E-state index contributed by atoms with van der Waals surface area (Å²) in [5.41, 5.74) is 2.03. The molecule has 0 aliphatic carbocycles. The van der Waals surface area contributed by atoms with Gasteiger partial charge in [0.1, 0.15) is 22.7 Å². The summed E-state index contributed by atoms with van der Waals surface area (Å²) in [6.45, 7) is 1.84. The van der Waals surface area contributed by atoms with Crippen LogP contribution in [0.1, 0.15) is 16.1 Å². The maximum Gasteiger partial charge on any atom is 0.262 e. The Morgan fingerprint density at radius 3 is 2.72 bits per heavy atom. The Bertz CT molecular complexity index is 1300. The summed E-state index contributed by atoms with van der Waals surface area (Å²) in [4.78, 5) is 21.7. The van der Waals surface area contributed by atoms with E-state index in [4.69, 9.17) is 16.0 Å². The van der Waals surface area contributed by atoms with Gasteiger partial charge >= 0.3 is 0 Å². The number of phenolic OH excluding ortho intramolecular Hbond substituents is 1. The van der Waals surface area contributed by atoms with E-state index in [0.717, 1.165) is 5.69 Å². The minimum Gasteiger partial charge on any atom is -0.508 e. The molecule has 0 fully saturated rings. The number of pyridine rings is 1. The highest BCUT2D eigenvalue weighted by Gasteiger charge is 2.14. The van der Waals surface area contributed by atoms with Crippen LogP contribution in [-0.4, -0.2) is 16.0 Å². The van der Waals surface area contributed by atoms with Crippen molar-refractivity contribution in [2.45, 2.75) is 6.92 Å². The smallest absolute Gasteiger partial charge is 0.262 e. The summed E-state index contributed by atoms with van der Waals surface area (Å²) in [5, 5.41) is 13.7. The number of aryl methyl sites for hydroxylation is 1. The molecule has 0 saturated heterocycles. The van der Waals surface area contributed by atoms with E-state index in [1.165, 1.54) is 12.1 Å². The van der Waals surface area contributed by atoms with E-state index < -0.39 is 5.91 Å². The van der Waals surface area contributed by atoms with Gasteiger partial charge in [-0.15, -0.1) is 0 Å². The van der Waals surface area contributed by atoms with Gasteiger partial charge in [0.05, 0.1) is 5.69 Å². The standard InChI is InChI=1S/C22H16ClN3O3/c1-13-4-2-7-20(24-13)26-21(28)18-10-14-8-9-17(27)12-19(14)29-22(18)25-16-6-3-5-15(23)11-16/h2-12,27H,1H3,(H,24,26,28). The van der Waals surface area contributed by atoms with Crippen molar-refractivity contribution < 1.29 is 14.3 Å². The number of carbonyl (C=O) groups excluding carboxylic acids is 1. The summed E-state index contributed by atoms with van der Waals surface area (Å²) < 4.78 is 5.85. The van der Waals surface area contributed by atoms with Gasteiger partial charge in [0, 0.05) is 22.2 Å². The third kappa shape index (κ3) is 4.28. The molecule has 2 aromatic carbocycles. The molecule has 2 heterocycles. The van der Waals surface area contributed by atoms with Crippen LogP contribution in [0.15, 0.2) is 76.1 Å². The van der Waals surface area contributed by atoms with Gasteiger partial charge in [0.15, 0.2) is 0 Å². The Morgan fingerprint density at radius 2 is 1.93 bits per heavy atom. The number of amides is 1. The van der Waals surface area contributed by atoms with Crippen LogP contribution in [-0.2, 0) is 0 Å². The summed E-state index contributed by atoms with van der Waals surface area (Å²) >= 11 is 6.04. The molecule has 0 saturated carbocycles. The average Bonchev–Trinajstić information content (AvgIpc) is 2.67. The number of phenols is 1. The first-order valence-electron chi connectivity index (χ1n) is 8.80. The Hall–Kier alpha value is -3.64. The number of fused-ring (bicyclic) bond motifs is 1. The van der Waals surface area contributed by atoms with E-state index in [9.17, 15) is 9.90 Å². The molecule has 7 heteroatoms. The van der Waals surface area contributed by atoms with E-state index in [1.807, 2.05) is 19.1 Å². The molecule has 0 aliphatic heterocycles. The maximum absolute atomic E-state index is 13.0. The molecule has 0 radical (unpaired) electrons. The fourth-order valence-corrected chi connectivity index (χ4v) is 3.00. The van der Waals surface area contributed by atoms with Crippen LogP contribution in [0.4, 0.5) is 11.5 Å². The number of carbonyl (C=O) groups is 1. The van der Waals surface area contributed by atoms with Crippen LogP contribution in [0.2, 0.25) is 5.02 Å². The second-order valence-corrected chi connectivity index (χ2v) is 6.83. The van der Waals surface area contributed by atoms with Crippen molar-refractivity contribution in [1.82, 2.24) is 4.98 Å². The molecule has 4 aromatic rings. The van der Waals surface area contributed by atoms with Crippen molar-refractivity contribution in [2.75, 3.05) is 5.32 Å². The van der Waals surface area contributed by atoms with Crippen LogP contribution >= 0.6 is 11.6 Å². The third-order valence-corrected chi connectivity index (χ3v) is 4.38. The molecule has 6 nitrogen and oxygen atoms in total. The van der Waals surface area contributed by atoms with Gasteiger partial charge in [0.25, 0.3) is 5.91 Å². The van der Waals surface area contributed by atoms with Crippen molar-refractivity contribution in [3.63, 3.8) is 0 Å². The number of nitrogens with one attached hydrogen (secondary N) is 1. The fourth-order valence-electron chi connectivity index (χ4n) is 2.81. The predicted molar refractivity (Wildman–Crippen MR) is 111 cm³/mol. The predicted octanol–water partition coefficient (Wildman–Crippen LogP) is 4.98. The van der Waals surface area contributed by atoms with Gasteiger partial charge in [0.2, 0.25) is 5.55 Å². The Balaban J connectivity index is 1.86. The number of benzene rings is 2. The van der Waals surface area contributed by atoms with Crippen LogP contribution in [0.5, 0.6) is 5.75 Å². The summed E-state index contributed by atoms with van der Waals surface area (Å²) in [6.07, 6.45) is 0. The largest absolute Gasteiger partial charge is 0.508 e. The van der Waals surface area contributed by atoms with Gasteiger partial charge in [-0.3, -0.25) is 4.79 Å². The first kappa shape index (κ1) is 18.7. The Kier molecular flexibility index (Phi) is 5.01. The van der Waals surface area contributed by atoms with Gasteiger partial charge in [-0.25, -0.2) is 9.98 Å². The summed E-state index contributed by atoms with van der Waals surface area (Å²) in [5.74, 6) is 0.0632. The molecule has 1 amide bonds. The topological polar surface area (TPSA) is 87.7 Å². The average molecular weight is 406 g/mol. The van der Waals surface area contributed by atoms with Crippen molar-refractivity contribution in [2.24, 2.45) is 4.99 Å². The number of aromatic hydroxyl groups is 1. The first-order valence-corrected chi connectivity index (χ1v) is 9.18. The van der Waals surface area contributed by atoms with Gasteiger partial charge in [-0.05, 0) is 55.5 Å².